The normalized spacial score (nSPS) is 12.1. The molecule has 12 heteroatoms. The predicted octanol–water partition coefficient (Wildman–Crippen LogP) is 6.20. The number of hydrogen-bond acceptors (Lipinski definition) is 5. The molecule has 4 rings (SSSR count). The third-order valence-corrected chi connectivity index (χ3v) is 5.99. The van der Waals surface area contributed by atoms with Gasteiger partial charge < -0.3 is 19.1 Å². The topological polar surface area (TPSA) is 86.5 Å². The van der Waals surface area contributed by atoms with Crippen LogP contribution >= 0.6 is 0 Å². The number of aliphatic carboxylic acids is 1. The Bertz CT molecular complexity index is 1530. The molecule has 0 aliphatic rings. The van der Waals surface area contributed by atoms with Crippen LogP contribution in [0, 0.1) is 24.0 Å². The van der Waals surface area contributed by atoms with Crippen molar-refractivity contribution in [1.29, 1.82) is 0 Å². The van der Waals surface area contributed by atoms with Crippen molar-refractivity contribution in [2.45, 2.75) is 46.7 Å². The number of fused-ring (bicyclic) bond motifs is 1. The number of benzene rings is 2. The van der Waals surface area contributed by atoms with Gasteiger partial charge in [0.15, 0.2) is 0 Å². The molecule has 2 heterocycles. The van der Waals surface area contributed by atoms with Gasteiger partial charge in [0.05, 0.1) is 23.0 Å². The first-order chi connectivity index (χ1) is 18.2. The SMILES string of the molecule is Cc1cnc(COc2ccc3nc(CC(C)(C)C(=O)O)n(Cc4ccc(OC(F)(F)F)cc4F)c3c2)c(F)c1. The van der Waals surface area contributed by atoms with Crippen molar-refractivity contribution >= 4 is 17.0 Å². The third-order valence-electron chi connectivity index (χ3n) is 5.99. The van der Waals surface area contributed by atoms with Gasteiger partial charge in [-0.15, -0.1) is 13.2 Å². The number of rotatable bonds is 9. The molecule has 7 nitrogen and oxygen atoms in total. The van der Waals surface area contributed by atoms with E-state index in [0.717, 1.165) is 12.1 Å². The minimum absolute atomic E-state index is 0.0236. The van der Waals surface area contributed by atoms with Gasteiger partial charge in [0.2, 0.25) is 0 Å². The molecule has 0 spiro atoms. The molecule has 1 N–H and O–H groups in total. The second-order valence-electron chi connectivity index (χ2n) is 9.66. The largest absolute Gasteiger partial charge is 0.573 e. The number of halogens is 5. The molecule has 0 aliphatic heterocycles. The van der Waals surface area contributed by atoms with Gasteiger partial charge in [-0.1, -0.05) is 6.07 Å². The lowest BCUT2D eigenvalue weighted by Gasteiger charge is -2.20. The Morgan fingerprint density at radius 2 is 1.74 bits per heavy atom. The van der Waals surface area contributed by atoms with E-state index in [1.807, 2.05) is 0 Å². The molecule has 0 saturated carbocycles. The van der Waals surface area contributed by atoms with Gasteiger partial charge in [-0.05, 0) is 50.6 Å². The number of aryl methyl sites for hydroxylation is 1. The monoisotopic (exact) mass is 549 g/mol. The molecular formula is C27H24F5N3O4. The van der Waals surface area contributed by atoms with Gasteiger partial charge in [0.1, 0.15) is 41.3 Å². The second kappa shape index (κ2) is 10.5. The highest BCUT2D eigenvalue weighted by atomic mass is 19.4. The number of carboxylic acids is 1. The molecule has 2 aromatic carbocycles. The van der Waals surface area contributed by atoms with Crippen molar-refractivity contribution in [3.8, 4) is 11.5 Å². The zero-order valence-electron chi connectivity index (χ0n) is 21.1. The van der Waals surface area contributed by atoms with Crippen LogP contribution in [0.3, 0.4) is 0 Å². The number of nitrogens with zero attached hydrogens (tertiary/aromatic N) is 3. The van der Waals surface area contributed by atoms with Crippen molar-refractivity contribution < 1.29 is 41.3 Å². The lowest BCUT2D eigenvalue weighted by Crippen LogP contribution is -2.28. The molecule has 0 fully saturated rings. The van der Waals surface area contributed by atoms with Crippen LogP contribution in [0.4, 0.5) is 22.0 Å². The molecule has 0 bridgehead atoms. The quantitative estimate of drug-likeness (QED) is 0.250. The Labute approximate surface area is 219 Å². The van der Waals surface area contributed by atoms with Crippen LogP contribution in [0.2, 0.25) is 0 Å². The third kappa shape index (κ3) is 6.62. The minimum atomic E-state index is -4.97. The molecule has 0 aliphatic carbocycles. The van der Waals surface area contributed by atoms with E-state index in [2.05, 4.69) is 14.7 Å². The fourth-order valence-electron chi connectivity index (χ4n) is 3.87. The molecule has 206 valence electrons. The molecular weight excluding hydrogens is 525 g/mol. The summed E-state index contributed by atoms with van der Waals surface area (Å²) in [6, 6.07) is 8.91. The Morgan fingerprint density at radius 3 is 2.38 bits per heavy atom. The van der Waals surface area contributed by atoms with Crippen LogP contribution in [0.5, 0.6) is 11.5 Å². The van der Waals surface area contributed by atoms with Crippen LogP contribution in [-0.2, 0) is 24.4 Å². The van der Waals surface area contributed by atoms with Crippen LogP contribution in [0.1, 0.15) is 36.5 Å². The lowest BCUT2D eigenvalue weighted by molar-refractivity contribution is -0.274. The maximum atomic E-state index is 14.8. The van der Waals surface area contributed by atoms with Crippen LogP contribution in [0.15, 0.2) is 48.7 Å². The number of hydrogen-bond donors (Lipinski definition) is 1. The van der Waals surface area contributed by atoms with Gasteiger partial charge in [-0.3, -0.25) is 9.78 Å². The van der Waals surface area contributed by atoms with Crippen molar-refractivity contribution in [3.05, 3.63) is 82.9 Å². The van der Waals surface area contributed by atoms with Crippen LogP contribution < -0.4 is 9.47 Å². The van der Waals surface area contributed by atoms with Crippen molar-refractivity contribution in [1.82, 2.24) is 14.5 Å². The second-order valence-corrected chi connectivity index (χ2v) is 9.66. The summed E-state index contributed by atoms with van der Waals surface area (Å²) in [6.45, 7) is 4.40. The van der Waals surface area contributed by atoms with Gasteiger partial charge in [-0.2, -0.15) is 0 Å². The average Bonchev–Trinajstić information content (AvgIpc) is 3.14. The number of aromatic nitrogens is 3. The summed E-state index contributed by atoms with van der Waals surface area (Å²) in [6.07, 6.45) is -3.49. The highest BCUT2D eigenvalue weighted by Crippen LogP contribution is 2.30. The first kappa shape index (κ1) is 27.8. The summed E-state index contributed by atoms with van der Waals surface area (Å²) in [4.78, 5) is 20.3. The highest BCUT2D eigenvalue weighted by molar-refractivity contribution is 5.79. The molecule has 0 radical (unpaired) electrons. The average molecular weight is 549 g/mol. The Kier molecular flexibility index (Phi) is 7.49. The number of carboxylic acid groups (broad SMARTS) is 1. The number of imidazole rings is 1. The molecule has 0 unspecified atom stereocenters. The van der Waals surface area contributed by atoms with Crippen molar-refractivity contribution in [2.24, 2.45) is 5.41 Å². The molecule has 0 saturated heterocycles. The fraction of sp³-hybridized carbons (Fsp3) is 0.296. The number of alkyl halides is 3. The van der Waals surface area contributed by atoms with Crippen molar-refractivity contribution in [2.75, 3.05) is 0 Å². The molecule has 0 amide bonds. The summed E-state index contributed by atoms with van der Waals surface area (Å²) in [5, 5.41) is 9.63. The molecule has 2 aromatic heterocycles. The zero-order chi connectivity index (χ0) is 28.5. The first-order valence-electron chi connectivity index (χ1n) is 11.7. The van der Waals surface area contributed by atoms with E-state index in [4.69, 9.17) is 4.74 Å². The van der Waals surface area contributed by atoms with Crippen LogP contribution in [-0.4, -0.2) is 32.0 Å². The summed E-state index contributed by atoms with van der Waals surface area (Å²) >= 11 is 0. The first-order valence-corrected chi connectivity index (χ1v) is 11.7. The molecule has 39 heavy (non-hydrogen) atoms. The summed E-state index contributed by atoms with van der Waals surface area (Å²) < 4.78 is 77.7. The summed E-state index contributed by atoms with van der Waals surface area (Å²) in [5.74, 6) is -2.61. The summed E-state index contributed by atoms with van der Waals surface area (Å²) in [5.41, 5.74) is 0.461. The highest BCUT2D eigenvalue weighted by Gasteiger charge is 2.32. The summed E-state index contributed by atoms with van der Waals surface area (Å²) in [7, 11) is 0. The van der Waals surface area contributed by atoms with E-state index in [-0.39, 0.29) is 30.8 Å². The van der Waals surface area contributed by atoms with Crippen LogP contribution in [0.25, 0.3) is 11.0 Å². The Morgan fingerprint density at radius 1 is 1.03 bits per heavy atom. The predicted molar refractivity (Wildman–Crippen MR) is 130 cm³/mol. The number of ether oxygens (including phenoxy) is 2. The Balaban J connectivity index is 1.70. The van der Waals surface area contributed by atoms with Crippen molar-refractivity contribution in [3.63, 3.8) is 0 Å². The maximum Gasteiger partial charge on any atom is 0.573 e. The number of carbonyl (C=O) groups is 1. The van der Waals surface area contributed by atoms with E-state index >= 15 is 0 Å². The fourth-order valence-corrected chi connectivity index (χ4v) is 3.87. The Hall–Kier alpha value is -4.22. The minimum Gasteiger partial charge on any atom is -0.487 e. The molecule has 0 atom stereocenters. The van der Waals surface area contributed by atoms with Gasteiger partial charge in [-0.25, -0.2) is 13.8 Å². The van der Waals surface area contributed by atoms with E-state index in [9.17, 15) is 31.9 Å². The maximum absolute atomic E-state index is 14.8. The standard InChI is InChI=1S/C27H24F5N3O4/c1-15-8-20(29)22(33-12-15)14-38-17-6-7-21-23(10-17)35(24(34-21)11-26(2,3)25(36)37)13-16-4-5-18(9-19(16)28)39-27(30,31)32/h4-10,12H,11,13-14H2,1-3H3,(H,36,37). The van der Waals surface area contributed by atoms with E-state index in [0.29, 0.717) is 34.2 Å². The number of pyridine rings is 1. The zero-order valence-corrected chi connectivity index (χ0v) is 21.1. The van der Waals surface area contributed by atoms with Gasteiger partial charge in [0, 0.05) is 30.3 Å². The van der Waals surface area contributed by atoms with E-state index < -0.39 is 35.1 Å². The van der Waals surface area contributed by atoms with E-state index in [1.54, 1.807) is 29.7 Å². The lowest BCUT2D eigenvalue weighted by atomic mass is 9.89. The molecule has 4 aromatic rings. The smallest absolute Gasteiger partial charge is 0.487 e. The van der Waals surface area contributed by atoms with Gasteiger partial charge in [0.25, 0.3) is 0 Å². The van der Waals surface area contributed by atoms with E-state index in [1.165, 1.54) is 26.1 Å². The van der Waals surface area contributed by atoms with Gasteiger partial charge >= 0.3 is 12.3 Å².